The number of hydrogen-bond donors (Lipinski definition) is 0. The quantitative estimate of drug-likeness (QED) is 0.535. The van der Waals surface area contributed by atoms with Gasteiger partial charge in [0.25, 0.3) is 0 Å². The van der Waals surface area contributed by atoms with E-state index in [-0.39, 0.29) is 18.5 Å². The van der Waals surface area contributed by atoms with E-state index in [1.165, 1.54) is 11.0 Å². The van der Waals surface area contributed by atoms with Crippen LogP contribution in [0, 0.1) is 5.92 Å². The first-order valence-electron chi connectivity index (χ1n) is 5.38. The molecule has 1 rings (SSSR count). The molecule has 1 aliphatic rings. The average Bonchev–Trinajstić information content (AvgIpc) is 2.75. The highest BCUT2D eigenvalue weighted by Gasteiger charge is 2.32. The number of amides is 1. The van der Waals surface area contributed by atoms with Crippen molar-refractivity contribution in [3.8, 4) is 0 Å². The molecule has 90 valence electrons. The van der Waals surface area contributed by atoms with Gasteiger partial charge < -0.3 is 14.4 Å². The molecule has 0 radical (unpaired) electrons. The van der Waals surface area contributed by atoms with Crippen LogP contribution in [0.3, 0.4) is 0 Å². The minimum Gasteiger partial charge on any atom is -0.466 e. The van der Waals surface area contributed by atoms with Gasteiger partial charge in [-0.1, -0.05) is 12.7 Å². The second-order valence-corrected chi connectivity index (χ2v) is 3.55. The van der Waals surface area contributed by atoms with E-state index in [0.717, 1.165) is 0 Å². The maximum atomic E-state index is 11.4. The number of esters is 1. The summed E-state index contributed by atoms with van der Waals surface area (Å²) in [5, 5.41) is 0. The molecule has 0 saturated carbocycles. The number of carbonyl (C=O) groups is 2. The predicted molar refractivity (Wildman–Crippen MR) is 57.9 cm³/mol. The largest absolute Gasteiger partial charge is 0.466 e. The van der Waals surface area contributed by atoms with Crippen LogP contribution in [0.15, 0.2) is 12.7 Å². The van der Waals surface area contributed by atoms with Gasteiger partial charge in [0.15, 0.2) is 0 Å². The number of nitrogens with zero attached hydrogens (tertiary/aromatic N) is 1. The first-order chi connectivity index (χ1) is 7.69. The molecule has 0 N–H and O–H groups in total. The molecule has 16 heavy (non-hydrogen) atoms. The Morgan fingerprint density at radius 1 is 1.50 bits per heavy atom. The lowest BCUT2D eigenvalue weighted by Gasteiger charge is -2.15. The molecule has 0 aliphatic carbocycles. The molecule has 5 heteroatoms. The molecule has 0 bridgehead atoms. The highest BCUT2D eigenvalue weighted by atomic mass is 16.6. The highest BCUT2D eigenvalue weighted by molar-refractivity contribution is 5.75. The molecule has 0 aromatic rings. The summed E-state index contributed by atoms with van der Waals surface area (Å²) < 4.78 is 9.78. The summed E-state index contributed by atoms with van der Waals surface area (Å²) >= 11 is 0. The van der Waals surface area contributed by atoms with Crippen LogP contribution >= 0.6 is 0 Å². The predicted octanol–water partition coefficient (Wildman–Crippen LogP) is 1.19. The van der Waals surface area contributed by atoms with Gasteiger partial charge in [-0.2, -0.15) is 0 Å². The van der Waals surface area contributed by atoms with Gasteiger partial charge in [0.05, 0.1) is 12.5 Å². The van der Waals surface area contributed by atoms with Crippen molar-refractivity contribution in [2.75, 3.05) is 26.3 Å². The topological polar surface area (TPSA) is 55.8 Å². The van der Waals surface area contributed by atoms with Crippen molar-refractivity contribution in [1.82, 2.24) is 4.90 Å². The lowest BCUT2D eigenvalue weighted by atomic mass is 10.1. The zero-order valence-corrected chi connectivity index (χ0v) is 9.48. The molecule has 5 nitrogen and oxygen atoms in total. The Balaban J connectivity index is 2.36. The number of hydrogen-bond acceptors (Lipinski definition) is 4. The summed E-state index contributed by atoms with van der Waals surface area (Å²) in [5.41, 5.74) is 0. The molecule has 1 aliphatic heterocycles. The molecular weight excluding hydrogens is 210 g/mol. The molecule has 0 spiro atoms. The molecule has 1 amide bonds. The van der Waals surface area contributed by atoms with Gasteiger partial charge in [0.2, 0.25) is 0 Å². The van der Waals surface area contributed by atoms with E-state index < -0.39 is 6.09 Å². The van der Waals surface area contributed by atoms with Crippen LogP contribution in [0.5, 0.6) is 0 Å². The minimum absolute atomic E-state index is 0.194. The zero-order valence-electron chi connectivity index (χ0n) is 9.48. The van der Waals surface area contributed by atoms with Crippen LogP contribution in [0.1, 0.15) is 13.3 Å². The Morgan fingerprint density at radius 3 is 2.88 bits per heavy atom. The van der Waals surface area contributed by atoms with Gasteiger partial charge >= 0.3 is 12.1 Å². The van der Waals surface area contributed by atoms with E-state index in [0.29, 0.717) is 26.1 Å². The number of carbonyl (C=O) groups excluding carboxylic acids is 2. The number of ether oxygens (including phenoxy) is 2. The van der Waals surface area contributed by atoms with Crippen LogP contribution in [0.4, 0.5) is 4.79 Å². The third-order valence-electron chi connectivity index (χ3n) is 2.39. The summed E-state index contributed by atoms with van der Waals surface area (Å²) in [7, 11) is 0. The highest BCUT2D eigenvalue weighted by Crippen LogP contribution is 2.18. The smallest absolute Gasteiger partial charge is 0.410 e. The van der Waals surface area contributed by atoms with Gasteiger partial charge in [0.1, 0.15) is 6.61 Å². The second kappa shape index (κ2) is 6.15. The average molecular weight is 227 g/mol. The summed E-state index contributed by atoms with van der Waals surface area (Å²) in [5.74, 6) is -0.447. The van der Waals surface area contributed by atoms with Crippen LogP contribution in [0.25, 0.3) is 0 Å². The van der Waals surface area contributed by atoms with E-state index in [9.17, 15) is 9.59 Å². The Kier molecular flexibility index (Phi) is 4.82. The van der Waals surface area contributed by atoms with Crippen molar-refractivity contribution in [1.29, 1.82) is 0 Å². The van der Waals surface area contributed by atoms with Crippen molar-refractivity contribution in [3.63, 3.8) is 0 Å². The normalized spacial score (nSPS) is 19.3. The van der Waals surface area contributed by atoms with Crippen LogP contribution in [-0.2, 0) is 14.3 Å². The molecule has 0 aromatic carbocycles. The maximum absolute atomic E-state index is 11.4. The molecule has 1 heterocycles. The van der Waals surface area contributed by atoms with Gasteiger partial charge in [-0.25, -0.2) is 4.79 Å². The van der Waals surface area contributed by atoms with Crippen molar-refractivity contribution >= 4 is 12.1 Å². The van der Waals surface area contributed by atoms with E-state index in [4.69, 9.17) is 9.47 Å². The van der Waals surface area contributed by atoms with Crippen molar-refractivity contribution < 1.29 is 19.1 Å². The van der Waals surface area contributed by atoms with Gasteiger partial charge in [0, 0.05) is 13.1 Å². The lowest BCUT2D eigenvalue weighted by Crippen LogP contribution is -2.31. The molecule has 0 aromatic heterocycles. The standard InChI is InChI=1S/C11H17NO4/c1-3-7-16-11(14)12-6-5-9(8-12)10(13)15-4-2/h3,9H,1,4-8H2,2H3/t9-/m1/s1. The Hall–Kier alpha value is -1.52. The summed E-state index contributed by atoms with van der Waals surface area (Å²) in [4.78, 5) is 24.4. The fraction of sp³-hybridized carbons (Fsp3) is 0.636. The summed E-state index contributed by atoms with van der Waals surface area (Å²) in [6.45, 7) is 6.71. The van der Waals surface area contributed by atoms with Gasteiger partial charge in [-0.3, -0.25) is 4.79 Å². The first-order valence-corrected chi connectivity index (χ1v) is 5.38. The van der Waals surface area contributed by atoms with Gasteiger partial charge in [-0.05, 0) is 13.3 Å². The molecule has 1 atom stereocenters. The summed E-state index contributed by atoms with van der Waals surface area (Å²) in [6, 6.07) is 0. The monoisotopic (exact) mass is 227 g/mol. The van der Waals surface area contributed by atoms with E-state index >= 15 is 0 Å². The van der Waals surface area contributed by atoms with E-state index in [1.807, 2.05) is 0 Å². The third-order valence-corrected chi connectivity index (χ3v) is 2.39. The number of likely N-dealkylation sites (tertiary alicyclic amines) is 1. The lowest BCUT2D eigenvalue weighted by molar-refractivity contribution is -0.147. The molecule has 1 fully saturated rings. The fourth-order valence-electron chi connectivity index (χ4n) is 1.60. The summed E-state index contributed by atoms with van der Waals surface area (Å²) in [6.07, 6.45) is 1.76. The zero-order chi connectivity index (χ0) is 12.0. The van der Waals surface area contributed by atoms with Crippen LogP contribution in [-0.4, -0.2) is 43.3 Å². The fourth-order valence-corrected chi connectivity index (χ4v) is 1.60. The molecule has 0 unspecified atom stereocenters. The minimum atomic E-state index is -0.397. The Morgan fingerprint density at radius 2 is 2.25 bits per heavy atom. The maximum Gasteiger partial charge on any atom is 0.410 e. The van der Waals surface area contributed by atoms with Crippen molar-refractivity contribution in [3.05, 3.63) is 12.7 Å². The van der Waals surface area contributed by atoms with E-state index in [2.05, 4.69) is 6.58 Å². The van der Waals surface area contributed by atoms with Crippen LogP contribution in [0.2, 0.25) is 0 Å². The molecular formula is C11H17NO4. The first kappa shape index (κ1) is 12.5. The van der Waals surface area contributed by atoms with Gasteiger partial charge in [-0.15, -0.1) is 0 Å². The van der Waals surface area contributed by atoms with Crippen molar-refractivity contribution in [2.45, 2.75) is 13.3 Å². The van der Waals surface area contributed by atoms with Crippen molar-refractivity contribution in [2.24, 2.45) is 5.92 Å². The molecule has 1 saturated heterocycles. The Bertz CT molecular complexity index is 277. The number of rotatable bonds is 4. The second-order valence-electron chi connectivity index (χ2n) is 3.55. The Labute approximate surface area is 95.0 Å². The third kappa shape index (κ3) is 3.25. The SMILES string of the molecule is C=CCOC(=O)N1CC[C@@H](C(=O)OCC)C1. The van der Waals surface area contributed by atoms with Crippen LogP contribution < -0.4 is 0 Å². The van der Waals surface area contributed by atoms with E-state index in [1.54, 1.807) is 6.92 Å².